The maximum atomic E-state index is 12.2. The third-order valence-corrected chi connectivity index (χ3v) is 3.22. The Labute approximate surface area is 129 Å². The number of alkyl halides is 3. The van der Waals surface area contributed by atoms with Gasteiger partial charge in [0.1, 0.15) is 11.6 Å². The van der Waals surface area contributed by atoms with Crippen LogP contribution in [-0.4, -0.2) is 25.9 Å². The predicted molar refractivity (Wildman–Crippen MR) is 76.9 cm³/mol. The third kappa shape index (κ3) is 3.41. The van der Waals surface area contributed by atoms with E-state index in [9.17, 15) is 13.2 Å². The van der Waals surface area contributed by atoms with Crippen molar-refractivity contribution >= 4 is 5.65 Å². The molecule has 0 fully saturated rings. The van der Waals surface area contributed by atoms with E-state index in [1.54, 1.807) is 12.4 Å². The first-order valence-electron chi connectivity index (χ1n) is 7.02. The normalized spacial score (nSPS) is 11.8. The van der Waals surface area contributed by atoms with Crippen LogP contribution in [0.15, 0.2) is 36.7 Å². The van der Waals surface area contributed by atoms with Gasteiger partial charge in [0.25, 0.3) is 0 Å². The van der Waals surface area contributed by atoms with Crippen LogP contribution in [0.25, 0.3) is 16.9 Å². The van der Waals surface area contributed by atoms with Crippen molar-refractivity contribution in [1.82, 2.24) is 19.6 Å². The molecule has 0 saturated carbocycles. The molecule has 120 valence electrons. The van der Waals surface area contributed by atoms with Gasteiger partial charge >= 0.3 is 6.36 Å². The van der Waals surface area contributed by atoms with Gasteiger partial charge in [-0.05, 0) is 30.7 Å². The Kier molecular flexibility index (Phi) is 3.89. The lowest BCUT2D eigenvalue weighted by atomic mass is 10.1. The van der Waals surface area contributed by atoms with Crippen LogP contribution in [0.1, 0.15) is 19.2 Å². The molecule has 0 amide bonds. The minimum absolute atomic E-state index is 0.265. The predicted octanol–water partition coefficient (Wildman–Crippen LogP) is 3.64. The largest absolute Gasteiger partial charge is 0.573 e. The van der Waals surface area contributed by atoms with Crippen LogP contribution in [0, 0.1) is 0 Å². The molecule has 0 bridgehead atoms. The molecule has 3 aromatic rings. The van der Waals surface area contributed by atoms with Crippen molar-refractivity contribution in [1.29, 1.82) is 0 Å². The maximum absolute atomic E-state index is 12.2. The summed E-state index contributed by atoms with van der Waals surface area (Å²) in [6, 6.07) is 5.57. The summed E-state index contributed by atoms with van der Waals surface area (Å²) in [4.78, 5) is 4.27. The number of fused-ring (bicyclic) bond motifs is 1. The van der Waals surface area contributed by atoms with E-state index >= 15 is 0 Å². The summed E-state index contributed by atoms with van der Waals surface area (Å²) in [6.45, 7) is 2.04. The molecule has 0 aliphatic carbocycles. The van der Waals surface area contributed by atoms with E-state index in [1.165, 1.54) is 24.3 Å². The highest BCUT2D eigenvalue weighted by atomic mass is 19.4. The summed E-state index contributed by atoms with van der Waals surface area (Å²) in [6.07, 6.45) is 0.378. The van der Waals surface area contributed by atoms with E-state index in [0.29, 0.717) is 16.9 Å². The Bertz CT molecular complexity index is 812. The molecule has 0 spiro atoms. The van der Waals surface area contributed by atoms with Crippen molar-refractivity contribution in [2.45, 2.75) is 26.1 Å². The van der Waals surface area contributed by atoms with Crippen LogP contribution in [-0.2, 0) is 6.42 Å². The number of aromatic nitrogens is 4. The van der Waals surface area contributed by atoms with E-state index in [-0.39, 0.29) is 5.75 Å². The molecule has 3 rings (SSSR count). The molecule has 1 aromatic carbocycles. The first-order chi connectivity index (χ1) is 11.0. The number of rotatable bonds is 4. The highest BCUT2D eigenvalue weighted by Crippen LogP contribution is 2.25. The molecule has 0 N–H and O–H groups in total. The Morgan fingerprint density at radius 1 is 1.13 bits per heavy atom. The Balaban J connectivity index is 1.91. The molecular weight excluding hydrogens is 309 g/mol. The van der Waals surface area contributed by atoms with E-state index < -0.39 is 6.36 Å². The zero-order chi connectivity index (χ0) is 16.4. The topological polar surface area (TPSA) is 52.3 Å². The fourth-order valence-corrected chi connectivity index (χ4v) is 2.22. The Morgan fingerprint density at radius 3 is 2.52 bits per heavy atom. The summed E-state index contributed by atoms with van der Waals surface area (Å²) >= 11 is 0. The lowest BCUT2D eigenvalue weighted by molar-refractivity contribution is -0.274. The second-order valence-electron chi connectivity index (χ2n) is 4.94. The van der Waals surface area contributed by atoms with E-state index in [1.807, 2.05) is 11.3 Å². The van der Waals surface area contributed by atoms with Crippen molar-refractivity contribution in [2.75, 3.05) is 0 Å². The van der Waals surface area contributed by atoms with Gasteiger partial charge in [0.15, 0.2) is 5.65 Å². The number of benzene rings is 1. The van der Waals surface area contributed by atoms with Crippen molar-refractivity contribution < 1.29 is 17.9 Å². The molecule has 2 aromatic heterocycles. The zero-order valence-corrected chi connectivity index (χ0v) is 12.2. The molecule has 23 heavy (non-hydrogen) atoms. The van der Waals surface area contributed by atoms with E-state index in [0.717, 1.165) is 18.7 Å². The first-order valence-corrected chi connectivity index (χ1v) is 7.02. The van der Waals surface area contributed by atoms with Gasteiger partial charge in [0, 0.05) is 18.2 Å². The number of nitrogens with zero attached hydrogens (tertiary/aromatic N) is 4. The average molecular weight is 322 g/mol. The second kappa shape index (κ2) is 5.86. The molecule has 0 atom stereocenters. The minimum atomic E-state index is -4.70. The third-order valence-electron chi connectivity index (χ3n) is 3.22. The second-order valence-corrected chi connectivity index (χ2v) is 4.94. The summed E-state index contributed by atoms with van der Waals surface area (Å²) in [7, 11) is 0. The smallest absolute Gasteiger partial charge is 0.406 e. The van der Waals surface area contributed by atoms with Crippen molar-refractivity contribution in [3.63, 3.8) is 0 Å². The van der Waals surface area contributed by atoms with Crippen LogP contribution in [0.5, 0.6) is 5.75 Å². The highest BCUT2D eigenvalue weighted by Gasteiger charge is 2.30. The number of halogens is 3. The van der Waals surface area contributed by atoms with Gasteiger partial charge in [-0.25, -0.2) is 0 Å². The van der Waals surface area contributed by atoms with Gasteiger partial charge in [0.2, 0.25) is 0 Å². The number of ether oxygens (including phenoxy) is 1. The van der Waals surface area contributed by atoms with Gasteiger partial charge < -0.3 is 4.74 Å². The fourth-order valence-electron chi connectivity index (χ4n) is 2.22. The quantitative estimate of drug-likeness (QED) is 0.736. The maximum Gasteiger partial charge on any atom is 0.573 e. The summed E-state index contributed by atoms with van der Waals surface area (Å²) in [5.74, 6) is 0.557. The number of hydrogen-bond donors (Lipinski definition) is 0. The van der Waals surface area contributed by atoms with Crippen molar-refractivity contribution in [3.8, 4) is 17.0 Å². The average Bonchev–Trinajstić information content (AvgIpc) is 2.89. The molecular formula is C15H13F3N4O. The highest BCUT2D eigenvalue weighted by molar-refractivity contribution is 5.60. The molecule has 0 radical (unpaired) electrons. The van der Waals surface area contributed by atoms with Gasteiger partial charge in [-0.3, -0.25) is 9.38 Å². The number of aryl methyl sites for hydroxylation is 1. The molecule has 8 heteroatoms. The fraction of sp³-hybridized carbons (Fsp3) is 0.267. The molecule has 5 nitrogen and oxygen atoms in total. The first kappa shape index (κ1) is 15.3. The molecule has 0 saturated heterocycles. The lowest BCUT2D eigenvalue weighted by Gasteiger charge is -2.09. The minimum Gasteiger partial charge on any atom is -0.406 e. The Hall–Kier alpha value is -2.64. The monoisotopic (exact) mass is 322 g/mol. The molecule has 0 unspecified atom stereocenters. The van der Waals surface area contributed by atoms with Gasteiger partial charge in [-0.1, -0.05) is 6.92 Å². The lowest BCUT2D eigenvalue weighted by Crippen LogP contribution is -2.16. The summed E-state index contributed by atoms with van der Waals surface area (Å²) < 4.78 is 42.2. The molecule has 2 heterocycles. The van der Waals surface area contributed by atoms with Crippen LogP contribution in [0.4, 0.5) is 13.2 Å². The summed E-state index contributed by atoms with van der Waals surface area (Å²) in [5.41, 5.74) is 1.93. The molecule has 0 aliphatic heterocycles. The van der Waals surface area contributed by atoms with Crippen molar-refractivity contribution in [3.05, 3.63) is 42.5 Å². The summed E-state index contributed by atoms with van der Waals surface area (Å²) in [5, 5.41) is 8.13. The zero-order valence-electron chi connectivity index (χ0n) is 12.2. The van der Waals surface area contributed by atoms with E-state index in [4.69, 9.17) is 0 Å². The van der Waals surface area contributed by atoms with E-state index in [2.05, 4.69) is 19.9 Å². The van der Waals surface area contributed by atoms with Gasteiger partial charge in [0.05, 0.1) is 11.9 Å². The van der Waals surface area contributed by atoms with Crippen LogP contribution >= 0.6 is 0 Å². The van der Waals surface area contributed by atoms with Gasteiger partial charge in [-0.2, -0.15) is 0 Å². The standard InChI is InChI=1S/C15H13F3N4O/c1-2-3-13-20-21-14-8-19-12(9-22(13)14)10-4-6-11(7-5-10)23-15(16,17)18/h4-9H,2-3H2,1H3. The Morgan fingerprint density at radius 2 is 1.87 bits per heavy atom. The molecule has 0 aliphatic rings. The van der Waals surface area contributed by atoms with Crippen LogP contribution in [0.2, 0.25) is 0 Å². The van der Waals surface area contributed by atoms with Crippen LogP contribution < -0.4 is 4.74 Å². The van der Waals surface area contributed by atoms with Gasteiger partial charge in [-0.15, -0.1) is 23.4 Å². The van der Waals surface area contributed by atoms with Crippen LogP contribution in [0.3, 0.4) is 0 Å². The SMILES string of the molecule is CCCc1nnc2cnc(-c3ccc(OC(F)(F)F)cc3)cn12. The number of hydrogen-bond acceptors (Lipinski definition) is 4. The van der Waals surface area contributed by atoms with Crippen molar-refractivity contribution in [2.24, 2.45) is 0 Å².